The molecule has 1 heterocycles. The molecular formula is C19H20F3N3O. The lowest BCUT2D eigenvalue weighted by atomic mass is 10.1. The van der Waals surface area contributed by atoms with E-state index in [-0.39, 0.29) is 12.2 Å². The molecule has 0 unspecified atom stereocenters. The van der Waals surface area contributed by atoms with Crippen LogP contribution in [0.15, 0.2) is 36.9 Å². The Bertz CT molecular complexity index is 822. The average Bonchev–Trinajstić information content (AvgIpc) is 3.16. The maximum absolute atomic E-state index is 12.8. The summed E-state index contributed by atoms with van der Waals surface area (Å²) in [5.74, 6) is -0.703. The number of halogens is 3. The van der Waals surface area contributed by atoms with Crippen molar-refractivity contribution in [2.75, 3.05) is 13.1 Å². The van der Waals surface area contributed by atoms with Crippen molar-refractivity contribution in [2.24, 2.45) is 0 Å². The molecular weight excluding hydrogens is 343 g/mol. The zero-order chi connectivity index (χ0) is 18.9. The van der Waals surface area contributed by atoms with Crippen molar-refractivity contribution < 1.29 is 18.0 Å². The fourth-order valence-electron chi connectivity index (χ4n) is 3.25. The molecule has 0 saturated carbocycles. The van der Waals surface area contributed by atoms with Gasteiger partial charge in [-0.3, -0.25) is 4.79 Å². The van der Waals surface area contributed by atoms with E-state index < -0.39 is 18.6 Å². The molecule has 4 nitrogen and oxygen atoms in total. The Hall–Kier alpha value is -2.57. The number of hydrogen-bond donors (Lipinski definition) is 0. The number of aromatic nitrogens is 2. The van der Waals surface area contributed by atoms with Gasteiger partial charge in [0.05, 0.1) is 5.69 Å². The topological polar surface area (TPSA) is 38.1 Å². The van der Waals surface area contributed by atoms with Crippen LogP contribution in [0.5, 0.6) is 0 Å². The summed E-state index contributed by atoms with van der Waals surface area (Å²) in [6.07, 6.45) is -0.914. The third-order valence-electron chi connectivity index (χ3n) is 4.42. The van der Waals surface area contributed by atoms with Gasteiger partial charge in [-0.25, -0.2) is 4.68 Å². The van der Waals surface area contributed by atoms with E-state index in [2.05, 4.69) is 11.7 Å². The third-order valence-corrected chi connectivity index (χ3v) is 4.42. The summed E-state index contributed by atoms with van der Waals surface area (Å²) >= 11 is 0. The molecule has 0 bridgehead atoms. The molecule has 0 saturated heterocycles. The van der Waals surface area contributed by atoms with Gasteiger partial charge in [0, 0.05) is 17.8 Å². The molecule has 26 heavy (non-hydrogen) atoms. The zero-order valence-electron chi connectivity index (χ0n) is 14.5. The second-order valence-electron chi connectivity index (χ2n) is 6.46. The molecule has 0 N–H and O–H groups in total. The largest absolute Gasteiger partial charge is 0.406 e. The van der Waals surface area contributed by atoms with Gasteiger partial charge in [-0.1, -0.05) is 23.8 Å². The van der Waals surface area contributed by atoms with Crippen LogP contribution in [0.2, 0.25) is 0 Å². The fraction of sp³-hybridized carbons (Fsp3) is 0.368. The minimum atomic E-state index is -4.47. The molecule has 2 aromatic rings. The van der Waals surface area contributed by atoms with Gasteiger partial charge in [0.1, 0.15) is 6.54 Å². The first-order valence-corrected chi connectivity index (χ1v) is 8.45. The number of carbonyl (C=O) groups excluding carboxylic acids is 1. The van der Waals surface area contributed by atoms with E-state index in [1.165, 1.54) is 6.08 Å². The van der Waals surface area contributed by atoms with Crippen LogP contribution in [-0.4, -0.2) is 39.9 Å². The molecule has 0 aliphatic heterocycles. The molecule has 7 heteroatoms. The predicted molar refractivity (Wildman–Crippen MR) is 92.5 cm³/mol. The van der Waals surface area contributed by atoms with Gasteiger partial charge in [0.25, 0.3) is 5.91 Å². The van der Waals surface area contributed by atoms with Crippen molar-refractivity contribution in [2.45, 2.75) is 32.4 Å². The fourth-order valence-corrected chi connectivity index (χ4v) is 3.25. The molecule has 0 radical (unpaired) electrons. The van der Waals surface area contributed by atoms with Crippen LogP contribution >= 0.6 is 0 Å². The van der Waals surface area contributed by atoms with Crippen LogP contribution in [0.25, 0.3) is 5.69 Å². The summed E-state index contributed by atoms with van der Waals surface area (Å²) in [5.41, 5.74) is 3.67. The van der Waals surface area contributed by atoms with Gasteiger partial charge in [-0.05, 0) is 38.3 Å². The lowest BCUT2D eigenvalue weighted by Crippen LogP contribution is -2.39. The van der Waals surface area contributed by atoms with E-state index in [0.717, 1.165) is 40.2 Å². The van der Waals surface area contributed by atoms with Gasteiger partial charge in [0.2, 0.25) is 0 Å². The lowest BCUT2D eigenvalue weighted by molar-refractivity contribution is -0.139. The second kappa shape index (κ2) is 6.97. The highest BCUT2D eigenvalue weighted by Gasteiger charge is 2.36. The summed E-state index contributed by atoms with van der Waals surface area (Å²) in [6.45, 7) is 3.93. The molecule has 138 valence electrons. The summed E-state index contributed by atoms with van der Waals surface area (Å²) < 4.78 is 40.2. The Kier molecular flexibility index (Phi) is 4.89. The SMILES string of the molecule is C=CCN(CC(F)(F)F)C(=O)c1nn(-c2ccc(C)cc2)c2c1CCC2. The van der Waals surface area contributed by atoms with E-state index >= 15 is 0 Å². The summed E-state index contributed by atoms with van der Waals surface area (Å²) in [7, 11) is 0. The first-order valence-electron chi connectivity index (χ1n) is 8.45. The van der Waals surface area contributed by atoms with E-state index in [9.17, 15) is 18.0 Å². The third kappa shape index (κ3) is 3.66. The number of nitrogens with zero attached hydrogens (tertiary/aromatic N) is 3. The molecule has 0 fully saturated rings. The quantitative estimate of drug-likeness (QED) is 0.757. The Morgan fingerprint density at radius 1 is 1.31 bits per heavy atom. The maximum atomic E-state index is 12.8. The number of aryl methyl sites for hydroxylation is 1. The van der Waals surface area contributed by atoms with E-state index in [0.29, 0.717) is 6.42 Å². The number of carbonyl (C=O) groups is 1. The molecule has 3 rings (SSSR count). The molecule has 1 aromatic heterocycles. The minimum absolute atomic E-state index is 0.115. The summed E-state index contributed by atoms with van der Waals surface area (Å²) in [4.78, 5) is 13.5. The second-order valence-corrected chi connectivity index (χ2v) is 6.46. The number of benzene rings is 1. The Morgan fingerprint density at radius 2 is 2.00 bits per heavy atom. The van der Waals surface area contributed by atoms with Gasteiger partial charge in [-0.2, -0.15) is 18.3 Å². The van der Waals surface area contributed by atoms with Crippen molar-refractivity contribution in [1.82, 2.24) is 14.7 Å². The van der Waals surface area contributed by atoms with Gasteiger partial charge in [0.15, 0.2) is 5.69 Å². The normalized spacial score (nSPS) is 13.5. The van der Waals surface area contributed by atoms with Crippen LogP contribution < -0.4 is 0 Å². The lowest BCUT2D eigenvalue weighted by Gasteiger charge is -2.22. The number of amides is 1. The molecule has 1 aliphatic rings. The molecule has 1 amide bonds. The minimum Gasteiger partial charge on any atom is -0.324 e. The molecule has 0 atom stereocenters. The van der Waals surface area contributed by atoms with Crippen molar-refractivity contribution in [3.8, 4) is 5.69 Å². The highest BCUT2D eigenvalue weighted by atomic mass is 19.4. The molecule has 1 aliphatic carbocycles. The van der Waals surface area contributed by atoms with Crippen LogP contribution in [0.3, 0.4) is 0 Å². The van der Waals surface area contributed by atoms with Crippen molar-refractivity contribution >= 4 is 5.91 Å². The van der Waals surface area contributed by atoms with Crippen LogP contribution in [-0.2, 0) is 12.8 Å². The van der Waals surface area contributed by atoms with Crippen molar-refractivity contribution in [1.29, 1.82) is 0 Å². The van der Waals surface area contributed by atoms with E-state index in [1.54, 1.807) is 4.68 Å². The van der Waals surface area contributed by atoms with Crippen molar-refractivity contribution in [3.05, 3.63) is 59.4 Å². The average molecular weight is 363 g/mol. The molecule has 0 spiro atoms. The van der Waals surface area contributed by atoms with Crippen LogP contribution in [0.1, 0.15) is 33.7 Å². The first-order chi connectivity index (χ1) is 12.3. The van der Waals surface area contributed by atoms with Gasteiger partial charge in [-0.15, -0.1) is 6.58 Å². The number of alkyl halides is 3. The van der Waals surface area contributed by atoms with Crippen LogP contribution in [0.4, 0.5) is 13.2 Å². The highest BCUT2D eigenvalue weighted by molar-refractivity contribution is 5.94. The highest BCUT2D eigenvalue weighted by Crippen LogP contribution is 2.29. The number of rotatable bonds is 5. The summed E-state index contributed by atoms with van der Waals surface area (Å²) in [5, 5.41) is 4.39. The smallest absolute Gasteiger partial charge is 0.324 e. The van der Waals surface area contributed by atoms with Crippen LogP contribution in [0, 0.1) is 6.92 Å². The number of fused-ring (bicyclic) bond motifs is 1. The van der Waals surface area contributed by atoms with Gasteiger partial charge >= 0.3 is 6.18 Å². The summed E-state index contributed by atoms with van der Waals surface area (Å²) in [6, 6.07) is 7.67. The predicted octanol–water partition coefficient (Wildman–Crippen LogP) is 3.86. The standard InChI is InChI=1S/C19H20F3N3O/c1-3-11-24(12-19(20,21)22)18(26)17-15-5-4-6-16(15)25(23-17)14-9-7-13(2)8-10-14/h3,7-10H,1,4-6,11-12H2,2H3. The maximum Gasteiger partial charge on any atom is 0.406 e. The molecule has 1 aromatic carbocycles. The zero-order valence-corrected chi connectivity index (χ0v) is 14.5. The van der Waals surface area contributed by atoms with E-state index in [4.69, 9.17) is 0 Å². The van der Waals surface area contributed by atoms with Gasteiger partial charge < -0.3 is 4.90 Å². The number of hydrogen-bond acceptors (Lipinski definition) is 2. The monoisotopic (exact) mass is 363 g/mol. The Labute approximate surface area is 149 Å². The van der Waals surface area contributed by atoms with Crippen molar-refractivity contribution in [3.63, 3.8) is 0 Å². The Morgan fingerprint density at radius 3 is 2.62 bits per heavy atom. The first kappa shape index (κ1) is 18.2. The van der Waals surface area contributed by atoms with E-state index in [1.807, 2.05) is 31.2 Å². The Balaban J connectivity index is 1.99.